The molecule has 0 unspecified atom stereocenters. The first-order valence-corrected chi connectivity index (χ1v) is 9.60. The highest BCUT2D eigenvalue weighted by Crippen LogP contribution is 2.26. The molecule has 1 saturated heterocycles. The first kappa shape index (κ1) is 15.4. The first-order valence-electron chi connectivity index (χ1n) is 6.51. The van der Waals surface area contributed by atoms with Crippen LogP contribution in [0.25, 0.3) is 0 Å². The minimum Gasteiger partial charge on any atom is -0.303 e. The average Bonchev–Trinajstić information content (AvgIpc) is 2.79. The molecule has 1 aromatic rings. The predicted octanol–water partition coefficient (Wildman–Crippen LogP) is 2.66. The molecule has 0 saturated carbocycles. The van der Waals surface area contributed by atoms with E-state index in [1.807, 2.05) is 0 Å². The van der Waals surface area contributed by atoms with Crippen molar-refractivity contribution in [2.75, 3.05) is 19.6 Å². The summed E-state index contributed by atoms with van der Waals surface area (Å²) < 4.78 is 28.4. The van der Waals surface area contributed by atoms with Crippen LogP contribution in [0.1, 0.15) is 26.2 Å². The fourth-order valence-corrected chi connectivity index (χ4v) is 5.64. The molecule has 1 aromatic heterocycles. The Morgan fingerprint density at radius 3 is 2.63 bits per heavy atom. The summed E-state index contributed by atoms with van der Waals surface area (Å²) in [6.07, 6.45) is 2.94. The lowest BCUT2D eigenvalue weighted by Crippen LogP contribution is -2.44. The maximum atomic E-state index is 12.2. The molecule has 1 aliphatic heterocycles. The zero-order valence-electron chi connectivity index (χ0n) is 10.9. The molecule has 1 aliphatic rings. The highest BCUT2D eigenvalue weighted by atomic mass is 79.9. The molecule has 0 spiro atoms. The van der Waals surface area contributed by atoms with E-state index in [2.05, 4.69) is 32.5 Å². The number of hydrogen-bond donors (Lipinski definition) is 1. The molecule has 2 heterocycles. The molecular weight excluding hydrogens is 348 g/mol. The van der Waals surface area contributed by atoms with Gasteiger partial charge in [0.25, 0.3) is 0 Å². The summed E-state index contributed by atoms with van der Waals surface area (Å²) in [5, 5.41) is 0. The monoisotopic (exact) mass is 366 g/mol. The fourth-order valence-electron chi connectivity index (χ4n) is 2.31. The predicted molar refractivity (Wildman–Crippen MR) is 82.1 cm³/mol. The number of sulfonamides is 1. The Morgan fingerprint density at radius 2 is 2.11 bits per heavy atom. The Labute approximate surface area is 127 Å². The van der Waals surface area contributed by atoms with Gasteiger partial charge in [-0.15, -0.1) is 11.3 Å². The van der Waals surface area contributed by atoms with E-state index in [1.54, 1.807) is 12.1 Å². The Morgan fingerprint density at radius 1 is 1.42 bits per heavy atom. The highest BCUT2D eigenvalue weighted by molar-refractivity contribution is 9.11. The quantitative estimate of drug-likeness (QED) is 0.871. The minimum atomic E-state index is -3.35. The Hall–Kier alpha value is 0.0500. The van der Waals surface area contributed by atoms with Crippen LogP contribution in [-0.2, 0) is 10.0 Å². The van der Waals surface area contributed by atoms with Gasteiger partial charge in [-0.25, -0.2) is 13.1 Å². The number of nitrogens with one attached hydrogen (secondary N) is 1. The molecule has 0 radical (unpaired) electrons. The van der Waals surface area contributed by atoms with Crippen molar-refractivity contribution in [2.24, 2.45) is 0 Å². The third-order valence-corrected chi connectivity index (χ3v) is 6.90. The fraction of sp³-hybridized carbons (Fsp3) is 0.667. The van der Waals surface area contributed by atoms with Crippen LogP contribution in [0.5, 0.6) is 0 Å². The summed E-state index contributed by atoms with van der Waals surface area (Å²) in [5.41, 5.74) is 0. The second kappa shape index (κ2) is 6.67. The van der Waals surface area contributed by atoms with E-state index < -0.39 is 10.0 Å². The van der Waals surface area contributed by atoms with Gasteiger partial charge < -0.3 is 4.90 Å². The topological polar surface area (TPSA) is 49.4 Å². The molecule has 0 atom stereocenters. The van der Waals surface area contributed by atoms with Crippen molar-refractivity contribution < 1.29 is 8.42 Å². The largest absolute Gasteiger partial charge is 0.303 e. The SMILES string of the molecule is CCCN1CCC(NS(=O)(=O)c2ccc(Br)s2)CC1. The summed E-state index contributed by atoms with van der Waals surface area (Å²) in [7, 11) is -3.35. The van der Waals surface area contributed by atoms with Crippen molar-refractivity contribution >= 4 is 37.3 Å². The van der Waals surface area contributed by atoms with E-state index >= 15 is 0 Å². The van der Waals surface area contributed by atoms with Gasteiger partial charge in [0.1, 0.15) is 4.21 Å². The number of rotatable bonds is 5. The Balaban J connectivity index is 1.92. The van der Waals surface area contributed by atoms with Gasteiger partial charge in [-0.2, -0.15) is 0 Å². The van der Waals surface area contributed by atoms with E-state index in [-0.39, 0.29) is 6.04 Å². The smallest absolute Gasteiger partial charge is 0.250 e. The zero-order valence-corrected chi connectivity index (χ0v) is 14.2. The standard InChI is InChI=1S/C12H19BrN2O2S2/c1-2-7-15-8-5-10(6-9-15)14-19(16,17)12-4-3-11(13)18-12/h3-4,10,14H,2,5-9H2,1H3. The van der Waals surface area contributed by atoms with Gasteiger partial charge in [0.15, 0.2) is 0 Å². The molecule has 108 valence electrons. The molecule has 0 amide bonds. The van der Waals surface area contributed by atoms with Gasteiger partial charge in [0.2, 0.25) is 10.0 Å². The van der Waals surface area contributed by atoms with E-state index in [0.29, 0.717) is 4.21 Å². The zero-order chi connectivity index (χ0) is 13.9. The molecule has 0 aliphatic carbocycles. The average molecular weight is 367 g/mol. The lowest BCUT2D eigenvalue weighted by Gasteiger charge is -2.31. The summed E-state index contributed by atoms with van der Waals surface area (Å²) in [5.74, 6) is 0. The second-order valence-electron chi connectivity index (χ2n) is 4.80. The number of thiophene rings is 1. The van der Waals surface area contributed by atoms with Crippen molar-refractivity contribution in [2.45, 2.75) is 36.4 Å². The summed E-state index contributed by atoms with van der Waals surface area (Å²) >= 11 is 4.54. The molecule has 2 rings (SSSR count). The molecular formula is C12H19BrN2O2S2. The van der Waals surface area contributed by atoms with Gasteiger partial charge in [-0.1, -0.05) is 6.92 Å². The van der Waals surface area contributed by atoms with Crippen LogP contribution >= 0.6 is 27.3 Å². The molecule has 19 heavy (non-hydrogen) atoms. The van der Waals surface area contributed by atoms with Crippen molar-refractivity contribution in [3.8, 4) is 0 Å². The first-order chi connectivity index (χ1) is 9.01. The van der Waals surface area contributed by atoms with Crippen LogP contribution in [0.2, 0.25) is 0 Å². The van der Waals surface area contributed by atoms with Gasteiger partial charge in [-0.05, 0) is 67.0 Å². The molecule has 4 nitrogen and oxygen atoms in total. The van der Waals surface area contributed by atoms with Crippen molar-refractivity contribution in [1.29, 1.82) is 0 Å². The van der Waals surface area contributed by atoms with Gasteiger partial charge in [0.05, 0.1) is 3.79 Å². The maximum absolute atomic E-state index is 12.2. The van der Waals surface area contributed by atoms with Gasteiger partial charge in [-0.3, -0.25) is 0 Å². The van der Waals surface area contributed by atoms with Crippen LogP contribution in [0.15, 0.2) is 20.1 Å². The second-order valence-corrected chi connectivity index (χ2v) is 9.20. The van der Waals surface area contributed by atoms with Crippen LogP contribution in [0, 0.1) is 0 Å². The molecule has 0 bridgehead atoms. The summed E-state index contributed by atoms with van der Waals surface area (Å²) in [6.45, 7) is 5.24. The van der Waals surface area contributed by atoms with Crippen molar-refractivity contribution in [3.05, 3.63) is 15.9 Å². The number of halogens is 1. The summed E-state index contributed by atoms with van der Waals surface area (Å²) in [4.78, 5) is 2.40. The maximum Gasteiger partial charge on any atom is 0.250 e. The van der Waals surface area contributed by atoms with E-state index in [0.717, 1.165) is 42.7 Å². The Bertz CT molecular complexity index is 508. The van der Waals surface area contributed by atoms with Gasteiger partial charge in [0, 0.05) is 6.04 Å². The molecule has 7 heteroatoms. The van der Waals surface area contributed by atoms with Gasteiger partial charge >= 0.3 is 0 Å². The van der Waals surface area contributed by atoms with Crippen LogP contribution in [-0.4, -0.2) is 39.0 Å². The van der Waals surface area contributed by atoms with Crippen molar-refractivity contribution in [1.82, 2.24) is 9.62 Å². The number of nitrogens with zero attached hydrogens (tertiary/aromatic N) is 1. The third-order valence-electron chi connectivity index (χ3n) is 3.26. The number of likely N-dealkylation sites (tertiary alicyclic amines) is 1. The molecule has 0 aromatic carbocycles. The van der Waals surface area contributed by atoms with E-state index in [4.69, 9.17) is 0 Å². The van der Waals surface area contributed by atoms with Crippen LogP contribution in [0.4, 0.5) is 0 Å². The number of hydrogen-bond acceptors (Lipinski definition) is 4. The minimum absolute atomic E-state index is 0.0685. The lowest BCUT2D eigenvalue weighted by molar-refractivity contribution is 0.208. The normalized spacial score (nSPS) is 18.8. The molecule has 1 N–H and O–H groups in total. The summed E-state index contributed by atoms with van der Waals surface area (Å²) in [6, 6.07) is 3.48. The van der Waals surface area contributed by atoms with Crippen molar-refractivity contribution in [3.63, 3.8) is 0 Å². The van der Waals surface area contributed by atoms with Crippen LogP contribution in [0.3, 0.4) is 0 Å². The lowest BCUT2D eigenvalue weighted by atomic mass is 10.1. The van der Waals surface area contributed by atoms with E-state index in [1.165, 1.54) is 11.3 Å². The van der Waals surface area contributed by atoms with Crippen LogP contribution < -0.4 is 4.72 Å². The third kappa shape index (κ3) is 4.26. The highest BCUT2D eigenvalue weighted by Gasteiger charge is 2.25. The van der Waals surface area contributed by atoms with E-state index in [9.17, 15) is 8.42 Å². The number of piperidine rings is 1. The molecule has 1 fully saturated rings. The Kier molecular flexibility index (Phi) is 5.42.